The van der Waals surface area contributed by atoms with Crippen LogP contribution in [0.1, 0.15) is 5.56 Å². The molecule has 26 heavy (non-hydrogen) atoms. The molecule has 0 spiro atoms. The Morgan fingerprint density at radius 3 is 2.38 bits per heavy atom. The van der Waals surface area contributed by atoms with Gasteiger partial charge in [-0.2, -0.15) is 0 Å². The van der Waals surface area contributed by atoms with Crippen molar-refractivity contribution in [3.8, 4) is 5.75 Å². The number of hydrogen-bond acceptors (Lipinski definition) is 3. The van der Waals surface area contributed by atoms with Crippen molar-refractivity contribution in [2.45, 2.75) is 17.7 Å². The summed E-state index contributed by atoms with van der Waals surface area (Å²) in [7, 11) is -4.22. The first-order chi connectivity index (χ1) is 12.0. The fraction of sp³-hybridized carbons (Fsp3) is 0.200. The number of halogens is 6. The lowest BCUT2D eigenvalue weighted by Crippen LogP contribution is -2.27. The molecule has 0 unspecified atom stereocenters. The Morgan fingerprint density at radius 2 is 1.77 bits per heavy atom. The van der Waals surface area contributed by atoms with Crippen LogP contribution in [0, 0.1) is 0 Å². The average Bonchev–Trinajstić information content (AvgIpc) is 2.49. The highest BCUT2D eigenvalue weighted by Gasteiger charge is 2.34. The number of ether oxygens (including phenoxy) is 1. The van der Waals surface area contributed by atoms with Gasteiger partial charge in [-0.25, -0.2) is 13.1 Å². The topological polar surface area (TPSA) is 55.4 Å². The molecule has 0 aliphatic rings. The summed E-state index contributed by atoms with van der Waals surface area (Å²) < 4.78 is 68.5. The van der Waals surface area contributed by atoms with Gasteiger partial charge in [0.25, 0.3) is 0 Å². The molecule has 0 fully saturated rings. The fourth-order valence-electron chi connectivity index (χ4n) is 2.01. The number of benzene rings is 2. The lowest BCUT2D eigenvalue weighted by atomic mass is 10.1. The van der Waals surface area contributed by atoms with E-state index in [1.54, 1.807) is 18.2 Å². The van der Waals surface area contributed by atoms with Crippen LogP contribution in [0.5, 0.6) is 5.75 Å². The Kier molecular flexibility index (Phi) is 6.84. The Morgan fingerprint density at radius 1 is 1.08 bits per heavy atom. The Labute approximate surface area is 166 Å². The fourth-order valence-corrected chi connectivity index (χ4v) is 3.81. The van der Waals surface area contributed by atoms with Gasteiger partial charge in [-0.15, -0.1) is 13.2 Å². The second-order valence-corrected chi connectivity index (χ2v) is 8.50. The summed E-state index contributed by atoms with van der Waals surface area (Å²) in [5, 5.41) is 0.681. The number of rotatable bonds is 6. The highest BCUT2D eigenvalue weighted by molar-refractivity contribution is 9.10. The average molecular weight is 493 g/mol. The minimum Gasteiger partial charge on any atom is -0.404 e. The van der Waals surface area contributed by atoms with Crippen LogP contribution in [0.4, 0.5) is 13.2 Å². The van der Waals surface area contributed by atoms with E-state index in [9.17, 15) is 21.6 Å². The number of nitrogens with one attached hydrogen (secondary N) is 1. The predicted octanol–water partition coefficient (Wildman–Crippen LogP) is 5.18. The first-order valence-electron chi connectivity index (χ1n) is 6.97. The van der Waals surface area contributed by atoms with Crippen LogP contribution >= 0.6 is 39.1 Å². The molecule has 0 aromatic heterocycles. The van der Waals surface area contributed by atoms with Crippen LogP contribution < -0.4 is 9.46 Å². The molecule has 0 heterocycles. The minimum absolute atomic E-state index is 0.0538. The monoisotopic (exact) mass is 491 g/mol. The molecule has 0 radical (unpaired) electrons. The molecular formula is C15H11BrCl2F3NO3S. The van der Waals surface area contributed by atoms with Crippen molar-refractivity contribution in [3.05, 3.63) is 56.5 Å². The third-order valence-corrected chi connectivity index (χ3v) is 5.84. The summed E-state index contributed by atoms with van der Waals surface area (Å²) in [5.41, 5.74) is 0.713. The normalized spacial score (nSPS) is 12.2. The van der Waals surface area contributed by atoms with E-state index in [4.69, 9.17) is 23.2 Å². The lowest BCUT2D eigenvalue weighted by Gasteiger charge is -2.14. The summed E-state index contributed by atoms with van der Waals surface area (Å²) in [6.45, 7) is -0.0538. The molecule has 0 aliphatic heterocycles. The van der Waals surface area contributed by atoms with Crippen molar-refractivity contribution in [1.29, 1.82) is 0 Å². The molecule has 2 rings (SSSR count). The van der Waals surface area contributed by atoms with Gasteiger partial charge in [-0.05, 0) is 42.3 Å². The zero-order valence-electron chi connectivity index (χ0n) is 12.8. The molecule has 2 aromatic carbocycles. The lowest BCUT2D eigenvalue weighted by molar-refractivity contribution is -0.275. The maximum absolute atomic E-state index is 12.5. The minimum atomic E-state index is -5.02. The summed E-state index contributed by atoms with van der Waals surface area (Å²) in [4.78, 5) is -0.618. The number of sulfonamides is 1. The van der Waals surface area contributed by atoms with Crippen molar-refractivity contribution in [2.24, 2.45) is 0 Å². The smallest absolute Gasteiger partial charge is 0.404 e. The largest absolute Gasteiger partial charge is 0.573 e. The van der Waals surface area contributed by atoms with Crippen LogP contribution in [0.2, 0.25) is 10.0 Å². The van der Waals surface area contributed by atoms with Crippen molar-refractivity contribution in [1.82, 2.24) is 4.72 Å². The highest BCUT2D eigenvalue weighted by Crippen LogP contribution is 2.32. The Bertz CT molecular complexity index is 907. The van der Waals surface area contributed by atoms with Gasteiger partial charge in [-0.1, -0.05) is 45.2 Å². The molecule has 142 valence electrons. The molecule has 1 N–H and O–H groups in total. The van der Waals surface area contributed by atoms with Gasteiger partial charge in [0.05, 0.1) is 10.0 Å². The quantitative estimate of drug-likeness (QED) is 0.604. The van der Waals surface area contributed by atoms with E-state index < -0.39 is 27.0 Å². The molecule has 11 heteroatoms. The molecule has 0 bridgehead atoms. The maximum atomic E-state index is 12.5. The van der Waals surface area contributed by atoms with E-state index in [1.807, 2.05) is 0 Å². The second kappa shape index (κ2) is 8.35. The maximum Gasteiger partial charge on any atom is 0.573 e. The van der Waals surface area contributed by atoms with Gasteiger partial charge < -0.3 is 4.74 Å². The summed E-state index contributed by atoms with van der Waals surface area (Å²) in [6.07, 6.45) is -4.76. The van der Waals surface area contributed by atoms with Gasteiger partial charge in [0, 0.05) is 11.0 Å². The zero-order chi connectivity index (χ0) is 19.5. The van der Waals surface area contributed by atoms with Gasteiger partial charge in [-0.3, -0.25) is 0 Å². The van der Waals surface area contributed by atoms with Crippen molar-refractivity contribution in [3.63, 3.8) is 0 Å². The van der Waals surface area contributed by atoms with Gasteiger partial charge in [0.2, 0.25) is 10.0 Å². The summed E-state index contributed by atoms with van der Waals surface area (Å²) in [6, 6.07) is 8.07. The van der Waals surface area contributed by atoms with E-state index in [-0.39, 0.29) is 17.4 Å². The van der Waals surface area contributed by atoms with E-state index in [0.29, 0.717) is 15.6 Å². The van der Waals surface area contributed by atoms with Crippen LogP contribution in [0.15, 0.2) is 45.8 Å². The first-order valence-corrected chi connectivity index (χ1v) is 10.00. The van der Waals surface area contributed by atoms with E-state index in [2.05, 4.69) is 25.4 Å². The Balaban J connectivity index is 2.15. The molecule has 0 saturated heterocycles. The molecule has 0 atom stereocenters. The summed E-state index contributed by atoms with van der Waals surface area (Å²) >= 11 is 14.7. The zero-order valence-corrected chi connectivity index (χ0v) is 16.7. The number of alkyl halides is 3. The Hall–Kier alpha value is -1.00. The molecular weight excluding hydrogens is 482 g/mol. The standard InChI is InChI=1S/C15H11BrCl2F3NO3S/c16-10-2-4-14(13(8-10)25-15(19,20)21)26(23,24)22-6-5-9-1-3-11(17)12(18)7-9/h1-4,7-8,22H,5-6H2. The van der Waals surface area contributed by atoms with Gasteiger partial charge in [0.1, 0.15) is 4.90 Å². The van der Waals surface area contributed by atoms with Crippen LogP contribution in [0.25, 0.3) is 0 Å². The first kappa shape index (κ1) is 21.3. The van der Waals surface area contributed by atoms with Crippen molar-refractivity contribution >= 4 is 49.2 Å². The molecule has 2 aromatic rings. The third kappa shape index (κ3) is 6.02. The van der Waals surface area contributed by atoms with E-state index >= 15 is 0 Å². The molecule has 4 nitrogen and oxygen atoms in total. The van der Waals surface area contributed by atoms with E-state index in [1.165, 1.54) is 6.07 Å². The van der Waals surface area contributed by atoms with Crippen LogP contribution in [-0.4, -0.2) is 21.3 Å². The van der Waals surface area contributed by atoms with Crippen LogP contribution in [0.3, 0.4) is 0 Å². The predicted molar refractivity (Wildman–Crippen MR) is 96.2 cm³/mol. The third-order valence-electron chi connectivity index (χ3n) is 3.11. The SMILES string of the molecule is O=S(=O)(NCCc1ccc(Cl)c(Cl)c1)c1ccc(Br)cc1OC(F)(F)F. The van der Waals surface area contributed by atoms with Gasteiger partial charge in [0.15, 0.2) is 5.75 Å². The van der Waals surface area contributed by atoms with E-state index in [0.717, 1.165) is 12.1 Å². The highest BCUT2D eigenvalue weighted by atomic mass is 79.9. The summed E-state index contributed by atoms with van der Waals surface area (Å²) in [5.74, 6) is -0.825. The second-order valence-electron chi connectivity index (χ2n) is 5.04. The van der Waals surface area contributed by atoms with Crippen molar-refractivity contribution in [2.75, 3.05) is 6.54 Å². The van der Waals surface area contributed by atoms with Gasteiger partial charge >= 0.3 is 6.36 Å². The molecule has 0 amide bonds. The van der Waals surface area contributed by atoms with Crippen molar-refractivity contribution < 1.29 is 26.3 Å². The molecule has 0 saturated carbocycles. The number of hydrogen-bond donors (Lipinski definition) is 1. The van der Waals surface area contributed by atoms with Crippen LogP contribution in [-0.2, 0) is 16.4 Å². The molecule has 0 aliphatic carbocycles.